The minimum absolute atomic E-state index is 0.00617. The van der Waals surface area contributed by atoms with Gasteiger partial charge in [-0.05, 0) is 47.6 Å². The third-order valence-corrected chi connectivity index (χ3v) is 4.74. The van der Waals surface area contributed by atoms with E-state index in [1.54, 1.807) is 0 Å². The van der Waals surface area contributed by atoms with Crippen LogP contribution in [-0.4, -0.2) is 23.3 Å². The summed E-state index contributed by atoms with van der Waals surface area (Å²) < 4.78 is 1.16. The van der Waals surface area contributed by atoms with E-state index >= 15 is 0 Å². The van der Waals surface area contributed by atoms with E-state index in [0.29, 0.717) is 5.13 Å². The number of hydrogen-bond acceptors (Lipinski definition) is 4. The molecule has 0 atom stereocenters. The van der Waals surface area contributed by atoms with Crippen LogP contribution in [0.1, 0.15) is 12.8 Å². The van der Waals surface area contributed by atoms with Gasteiger partial charge in [-0.15, -0.1) is 11.3 Å². The number of aromatic nitrogens is 1. The van der Waals surface area contributed by atoms with E-state index in [0.717, 1.165) is 27.7 Å². The standard InChI is InChI=1S/C15H14IN3O2S/c16-11-5-3-9(4-6-11)12-8-22-15(18-12)19-13(20)7-17-14(21)10-1-2-10/h3-6,8,10H,1-2,7H2,(H,17,21)(H,18,19,20). The maximum atomic E-state index is 11.8. The van der Waals surface area contributed by atoms with Crippen molar-refractivity contribution in [2.24, 2.45) is 5.92 Å². The molecule has 1 saturated carbocycles. The van der Waals surface area contributed by atoms with E-state index in [1.807, 2.05) is 29.6 Å². The van der Waals surface area contributed by atoms with Gasteiger partial charge in [0.1, 0.15) is 0 Å². The predicted octanol–water partition coefficient (Wildman–Crippen LogP) is 2.88. The number of halogens is 1. The van der Waals surface area contributed by atoms with Crippen LogP contribution >= 0.6 is 33.9 Å². The fourth-order valence-electron chi connectivity index (χ4n) is 1.91. The second-order valence-corrected chi connectivity index (χ2v) is 7.19. The average Bonchev–Trinajstić information content (AvgIpc) is 3.26. The molecule has 0 aliphatic heterocycles. The molecule has 0 radical (unpaired) electrons. The van der Waals surface area contributed by atoms with Gasteiger partial charge in [-0.25, -0.2) is 4.98 Å². The molecule has 7 heteroatoms. The van der Waals surface area contributed by atoms with E-state index in [2.05, 4.69) is 38.2 Å². The van der Waals surface area contributed by atoms with Crippen molar-refractivity contribution in [2.45, 2.75) is 12.8 Å². The molecule has 2 aromatic rings. The van der Waals surface area contributed by atoms with Crippen LogP contribution in [0.3, 0.4) is 0 Å². The van der Waals surface area contributed by atoms with Gasteiger partial charge in [0.15, 0.2) is 5.13 Å². The summed E-state index contributed by atoms with van der Waals surface area (Å²) in [5.41, 5.74) is 1.85. The highest BCUT2D eigenvalue weighted by molar-refractivity contribution is 14.1. The van der Waals surface area contributed by atoms with E-state index < -0.39 is 0 Å². The largest absolute Gasteiger partial charge is 0.347 e. The monoisotopic (exact) mass is 427 g/mol. The Hall–Kier alpha value is -1.48. The predicted molar refractivity (Wildman–Crippen MR) is 94.6 cm³/mol. The molecular formula is C15H14IN3O2S. The molecule has 1 aromatic heterocycles. The fraction of sp³-hybridized carbons (Fsp3) is 0.267. The van der Waals surface area contributed by atoms with Gasteiger partial charge in [-0.3, -0.25) is 9.59 Å². The highest BCUT2D eigenvalue weighted by atomic mass is 127. The molecule has 114 valence electrons. The van der Waals surface area contributed by atoms with Crippen molar-refractivity contribution < 1.29 is 9.59 Å². The summed E-state index contributed by atoms with van der Waals surface area (Å²) in [7, 11) is 0. The lowest BCUT2D eigenvalue weighted by Crippen LogP contribution is -2.33. The molecule has 0 bridgehead atoms. The summed E-state index contributed by atoms with van der Waals surface area (Å²) >= 11 is 3.62. The second kappa shape index (κ2) is 6.74. The van der Waals surface area contributed by atoms with Gasteiger partial charge >= 0.3 is 0 Å². The molecule has 2 N–H and O–H groups in total. The molecule has 1 aliphatic rings. The van der Waals surface area contributed by atoms with Crippen LogP contribution in [0.15, 0.2) is 29.6 Å². The smallest absolute Gasteiger partial charge is 0.245 e. The minimum Gasteiger partial charge on any atom is -0.347 e. The van der Waals surface area contributed by atoms with E-state index in [-0.39, 0.29) is 24.3 Å². The van der Waals surface area contributed by atoms with Crippen molar-refractivity contribution >= 4 is 50.9 Å². The van der Waals surface area contributed by atoms with Crippen LogP contribution in [-0.2, 0) is 9.59 Å². The average molecular weight is 427 g/mol. The first kappa shape index (κ1) is 15.4. The van der Waals surface area contributed by atoms with Gasteiger partial charge in [-0.2, -0.15) is 0 Å². The van der Waals surface area contributed by atoms with Crippen LogP contribution in [0.5, 0.6) is 0 Å². The topological polar surface area (TPSA) is 71.1 Å². The van der Waals surface area contributed by atoms with Crippen molar-refractivity contribution in [3.63, 3.8) is 0 Å². The summed E-state index contributed by atoms with van der Waals surface area (Å²) in [6.07, 6.45) is 1.86. The Kier molecular flexibility index (Phi) is 4.72. The number of nitrogens with one attached hydrogen (secondary N) is 2. The number of rotatable bonds is 5. The third-order valence-electron chi connectivity index (χ3n) is 3.26. The molecule has 1 aromatic carbocycles. The molecule has 0 unspecified atom stereocenters. The lowest BCUT2D eigenvalue weighted by atomic mass is 10.2. The van der Waals surface area contributed by atoms with Crippen molar-refractivity contribution in [2.75, 3.05) is 11.9 Å². The Labute approximate surface area is 145 Å². The lowest BCUT2D eigenvalue weighted by Gasteiger charge is -2.03. The Morgan fingerprint density at radius 3 is 2.68 bits per heavy atom. The van der Waals surface area contributed by atoms with Gasteiger partial charge in [0.25, 0.3) is 0 Å². The van der Waals surface area contributed by atoms with Crippen LogP contribution in [0.2, 0.25) is 0 Å². The number of anilines is 1. The lowest BCUT2D eigenvalue weighted by molar-refractivity contribution is -0.125. The van der Waals surface area contributed by atoms with Crippen molar-refractivity contribution in [3.8, 4) is 11.3 Å². The number of thiazole rings is 1. The molecule has 0 saturated heterocycles. The SMILES string of the molecule is O=C(CNC(=O)C1CC1)Nc1nc(-c2ccc(I)cc2)cs1. The summed E-state index contributed by atoms with van der Waals surface area (Å²) in [4.78, 5) is 27.7. The number of benzene rings is 1. The molecule has 5 nitrogen and oxygen atoms in total. The molecule has 22 heavy (non-hydrogen) atoms. The number of nitrogens with zero attached hydrogens (tertiary/aromatic N) is 1. The quantitative estimate of drug-likeness (QED) is 0.722. The zero-order chi connectivity index (χ0) is 15.5. The van der Waals surface area contributed by atoms with Gasteiger partial charge in [-0.1, -0.05) is 12.1 Å². The second-order valence-electron chi connectivity index (χ2n) is 5.09. The van der Waals surface area contributed by atoms with Gasteiger partial charge < -0.3 is 10.6 Å². The Morgan fingerprint density at radius 2 is 2.00 bits per heavy atom. The zero-order valence-electron chi connectivity index (χ0n) is 11.6. The molecule has 3 rings (SSSR count). The number of hydrogen-bond donors (Lipinski definition) is 2. The normalized spacial score (nSPS) is 13.7. The number of amides is 2. The van der Waals surface area contributed by atoms with E-state index in [4.69, 9.17) is 0 Å². The molecule has 1 aliphatic carbocycles. The Bertz CT molecular complexity index is 695. The fourth-order valence-corrected chi connectivity index (χ4v) is 3.00. The first-order valence-electron chi connectivity index (χ1n) is 6.91. The Morgan fingerprint density at radius 1 is 1.27 bits per heavy atom. The number of carbonyl (C=O) groups is 2. The summed E-state index contributed by atoms with van der Waals surface area (Å²) in [6, 6.07) is 8.03. The van der Waals surface area contributed by atoms with Crippen molar-refractivity contribution in [3.05, 3.63) is 33.2 Å². The highest BCUT2D eigenvalue weighted by Gasteiger charge is 2.29. The molecule has 1 heterocycles. The first-order chi connectivity index (χ1) is 10.6. The summed E-state index contributed by atoms with van der Waals surface area (Å²) in [6.45, 7) is -0.00617. The van der Waals surface area contributed by atoms with Crippen molar-refractivity contribution in [1.82, 2.24) is 10.3 Å². The van der Waals surface area contributed by atoms with Gasteiger partial charge in [0.05, 0.1) is 12.2 Å². The maximum Gasteiger partial charge on any atom is 0.245 e. The highest BCUT2D eigenvalue weighted by Crippen LogP contribution is 2.28. The molecule has 1 fully saturated rings. The van der Waals surface area contributed by atoms with Gasteiger partial charge in [0, 0.05) is 20.4 Å². The molecular weight excluding hydrogens is 413 g/mol. The summed E-state index contributed by atoms with van der Waals surface area (Å²) in [5.74, 6) is -0.175. The van der Waals surface area contributed by atoms with Crippen molar-refractivity contribution in [1.29, 1.82) is 0 Å². The van der Waals surface area contributed by atoms with Gasteiger partial charge in [0.2, 0.25) is 11.8 Å². The zero-order valence-corrected chi connectivity index (χ0v) is 14.6. The Balaban J connectivity index is 1.55. The number of carbonyl (C=O) groups excluding carboxylic acids is 2. The van der Waals surface area contributed by atoms with Crippen LogP contribution < -0.4 is 10.6 Å². The molecule has 2 amide bonds. The van der Waals surface area contributed by atoms with Crippen LogP contribution in [0, 0.1) is 9.49 Å². The third kappa shape index (κ3) is 4.04. The van der Waals surface area contributed by atoms with Crippen LogP contribution in [0.4, 0.5) is 5.13 Å². The maximum absolute atomic E-state index is 11.8. The summed E-state index contributed by atoms with van der Waals surface area (Å²) in [5, 5.41) is 7.79. The minimum atomic E-state index is -0.252. The van der Waals surface area contributed by atoms with Crippen LogP contribution in [0.25, 0.3) is 11.3 Å². The molecule has 0 spiro atoms. The van der Waals surface area contributed by atoms with E-state index in [9.17, 15) is 9.59 Å². The first-order valence-corrected chi connectivity index (χ1v) is 8.86. The van der Waals surface area contributed by atoms with E-state index in [1.165, 1.54) is 11.3 Å².